The second-order valence-electron chi connectivity index (χ2n) is 4.96. The Labute approximate surface area is 110 Å². The molecule has 1 unspecified atom stereocenters. The quantitative estimate of drug-likeness (QED) is 0.806. The molecule has 102 valence electrons. The summed E-state index contributed by atoms with van der Waals surface area (Å²) >= 11 is 0. The maximum atomic E-state index is 11.1. The summed E-state index contributed by atoms with van der Waals surface area (Å²) in [7, 11) is 0. The van der Waals surface area contributed by atoms with Crippen LogP contribution in [0, 0.1) is 0 Å². The lowest BCUT2D eigenvalue weighted by molar-refractivity contribution is -0.142. The van der Waals surface area contributed by atoms with Gasteiger partial charge in [-0.1, -0.05) is 0 Å². The maximum absolute atomic E-state index is 11.1. The number of nitrogens with two attached hydrogens (primary N) is 1. The first-order valence-electron chi connectivity index (χ1n) is 6.25. The molecule has 2 heterocycles. The fourth-order valence-corrected chi connectivity index (χ4v) is 2.46. The third-order valence-electron chi connectivity index (χ3n) is 3.62. The monoisotopic (exact) mass is 264 g/mol. The Morgan fingerprint density at radius 2 is 2.05 bits per heavy atom. The van der Waals surface area contributed by atoms with Crippen molar-refractivity contribution in [3.63, 3.8) is 0 Å². The van der Waals surface area contributed by atoms with Crippen LogP contribution in [0.25, 0.3) is 0 Å². The van der Waals surface area contributed by atoms with E-state index < -0.39 is 11.5 Å². The Balaban J connectivity index is 1.82. The number of carbonyl (C=O) groups is 1. The molecule has 6 heteroatoms. The first kappa shape index (κ1) is 12.1. The van der Waals surface area contributed by atoms with Crippen LogP contribution < -0.4 is 20.1 Å². The molecule has 1 atom stereocenters. The zero-order valence-corrected chi connectivity index (χ0v) is 10.5. The first-order chi connectivity index (χ1) is 9.08. The van der Waals surface area contributed by atoms with E-state index in [9.17, 15) is 4.79 Å². The minimum absolute atomic E-state index is 0.308. The lowest BCUT2D eigenvalue weighted by atomic mass is 10.0. The molecular weight excluding hydrogens is 248 g/mol. The number of hydrogen-bond donors (Lipinski definition) is 2. The highest BCUT2D eigenvalue weighted by Crippen LogP contribution is 2.35. The van der Waals surface area contributed by atoms with Gasteiger partial charge < -0.3 is 25.2 Å². The summed E-state index contributed by atoms with van der Waals surface area (Å²) in [6, 6.07) is 5.63. The SMILES string of the molecule is NC1(C(=O)O)CCN(c2ccc3c(c2)OCCO3)C1. The van der Waals surface area contributed by atoms with Gasteiger partial charge in [-0.15, -0.1) is 0 Å². The Morgan fingerprint density at radius 1 is 1.32 bits per heavy atom. The number of hydrogen-bond acceptors (Lipinski definition) is 5. The van der Waals surface area contributed by atoms with Gasteiger partial charge >= 0.3 is 5.97 Å². The summed E-state index contributed by atoms with van der Waals surface area (Å²) < 4.78 is 11.0. The van der Waals surface area contributed by atoms with Crippen molar-refractivity contribution < 1.29 is 19.4 Å². The molecular formula is C13H16N2O4. The van der Waals surface area contributed by atoms with E-state index in [0.29, 0.717) is 38.5 Å². The van der Waals surface area contributed by atoms with E-state index in [1.165, 1.54) is 0 Å². The topological polar surface area (TPSA) is 85.0 Å². The predicted molar refractivity (Wildman–Crippen MR) is 68.8 cm³/mol. The number of anilines is 1. The highest BCUT2D eigenvalue weighted by atomic mass is 16.6. The Morgan fingerprint density at radius 3 is 2.74 bits per heavy atom. The molecule has 0 aliphatic carbocycles. The molecule has 0 bridgehead atoms. The molecule has 3 rings (SSSR count). The van der Waals surface area contributed by atoms with Crippen LogP contribution in [0.4, 0.5) is 5.69 Å². The molecule has 0 saturated carbocycles. The van der Waals surface area contributed by atoms with Crippen LogP contribution in [0.15, 0.2) is 18.2 Å². The number of rotatable bonds is 2. The fraction of sp³-hybridized carbons (Fsp3) is 0.462. The smallest absolute Gasteiger partial charge is 0.325 e. The average Bonchev–Trinajstić information content (AvgIpc) is 2.82. The average molecular weight is 264 g/mol. The molecule has 2 aliphatic rings. The molecule has 2 aliphatic heterocycles. The Kier molecular flexibility index (Phi) is 2.74. The van der Waals surface area contributed by atoms with Crippen LogP contribution in [0.3, 0.4) is 0 Å². The molecule has 0 spiro atoms. The van der Waals surface area contributed by atoms with Gasteiger partial charge in [0.1, 0.15) is 18.8 Å². The van der Waals surface area contributed by atoms with Crippen LogP contribution >= 0.6 is 0 Å². The lowest BCUT2D eigenvalue weighted by Gasteiger charge is -2.24. The number of aliphatic carboxylic acids is 1. The Hall–Kier alpha value is -1.95. The molecule has 1 aromatic carbocycles. The third kappa shape index (κ3) is 2.08. The van der Waals surface area contributed by atoms with Gasteiger partial charge in [-0.25, -0.2) is 0 Å². The predicted octanol–water partition coefficient (Wildman–Crippen LogP) is 0.450. The van der Waals surface area contributed by atoms with Crippen LogP contribution in [-0.4, -0.2) is 42.9 Å². The van der Waals surface area contributed by atoms with Crippen LogP contribution in [0.1, 0.15) is 6.42 Å². The summed E-state index contributed by atoms with van der Waals surface area (Å²) in [6.07, 6.45) is 0.441. The fourth-order valence-electron chi connectivity index (χ4n) is 2.46. The molecule has 3 N–H and O–H groups in total. The summed E-state index contributed by atoms with van der Waals surface area (Å²) in [6.45, 7) is 2.03. The molecule has 1 aromatic rings. The van der Waals surface area contributed by atoms with E-state index >= 15 is 0 Å². The van der Waals surface area contributed by atoms with Crippen LogP contribution in [0.5, 0.6) is 11.5 Å². The summed E-state index contributed by atoms with van der Waals surface area (Å²) in [5.41, 5.74) is 5.63. The normalized spacial score (nSPS) is 25.4. The third-order valence-corrected chi connectivity index (χ3v) is 3.62. The number of carboxylic acid groups (broad SMARTS) is 1. The number of nitrogens with zero attached hydrogens (tertiary/aromatic N) is 1. The summed E-state index contributed by atoms with van der Waals surface area (Å²) in [4.78, 5) is 13.1. The minimum atomic E-state index is -1.16. The van der Waals surface area contributed by atoms with Crippen LogP contribution in [-0.2, 0) is 4.79 Å². The van der Waals surface area contributed by atoms with Crippen LogP contribution in [0.2, 0.25) is 0 Å². The lowest BCUT2D eigenvalue weighted by Crippen LogP contribution is -2.50. The second-order valence-corrected chi connectivity index (χ2v) is 4.96. The zero-order chi connectivity index (χ0) is 13.5. The van der Waals surface area contributed by atoms with Gasteiger partial charge in [0, 0.05) is 24.8 Å². The minimum Gasteiger partial charge on any atom is -0.486 e. The van der Waals surface area contributed by atoms with E-state index in [4.69, 9.17) is 20.3 Å². The summed E-state index contributed by atoms with van der Waals surface area (Å²) in [5, 5.41) is 9.13. The summed E-state index contributed by atoms with van der Waals surface area (Å²) in [5.74, 6) is 0.479. The maximum Gasteiger partial charge on any atom is 0.325 e. The number of ether oxygens (including phenoxy) is 2. The number of benzene rings is 1. The van der Waals surface area contributed by atoms with Crippen molar-refractivity contribution in [3.8, 4) is 11.5 Å². The molecule has 1 fully saturated rings. The van der Waals surface area contributed by atoms with Gasteiger partial charge in [0.15, 0.2) is 11.5 Å². The molecule has 19 heavy (non-hydrogen) atoms. The standard InChI is InChI=1S/C13H16N2O4/c14-13(12(16)17)3-4-15(8-13)9-1-2-10-11(7-9)19-6-5-18-10/h1-2,7H,3-6,8,14H2,(H,16,17). The second kappa shape index (κ2) is 4.31. The first-order valence-corrected chi connectivity index (χ1v) is 6.25. The van der Waals surface area contributed by atoms with E-state index in [0.717, 1.165) is 11.4 Å². The molecule has 6 nitrogen and oxygen atoms in total. The van der Waals surface area contributed by atoms with Crippen molar-refractivity contribution in [3.05, 3.63) is 18.2 Å². The van der Waals surface area contributed by atoms with Crippen molar-refractivity contribution in [2.45, 2.75) is 12.0 Å². The van der Waals surface area contributed by atoms with E-state index in [1.54, 1.807) is 0 Å². The highest BCUT2D eigenvalue weighted by Gasteiger charge is 2.41. The van der Waals surface area contributed by atoms with E-state index in [1.807, 2.05) is 23.1 Å². The van der Waals surface area contributed by atoms with E-state index in [-0.39, 0.29) is 0 Å². The van der Waals surface area contributed by atoms with Crippen molar-refractivity contribution in [1.29, 1.82) is 0 Å². The van der Waals surface area contributed by atoms with Gasteiger partial charge in [-0.3, -0.25) is 4.79 Å². The number of carboxylic acids is 1. The van der Waals surface area contributed by atoms with Crippen molar-refractivity contribution in [2.24, 2.45) is 5.73 Å². The molecule has 0 amide bonds. The van der Waals surface area contributed by atoms with E-state index in [2.05, 4.69) is 0 Å². The van der Waals surface area contributed by atoms with Gasteiger partial charge in [-0.05, 0) is 18.6 Å². The van der Waals surface area contributed by atoms with Gasteiger partial charge in [0.25, 0.3) is 0 Å². The highest BCUT2D eigenvalue weighted by molar-refractivity contribution is 5.80. The largest absolute Gasteiger partial charge is 0.486 e. The van der Waals surface area contributed by atoms with Crippen molar-refractivity contribution >= 4 is 11.7 Å². The molecule has 1 saturated heterocycles. The zero-order valence-electron chi connectivity index (χ0n) is 10.5. The van der Waals surface area contributed by atoms with Crippen molar-refractivity contribution in [1.82, 2.24) is 0 Å². The van der Waals surface area contributed by atoms with Gasteiger partial charge in [-0.2, -0.15) is 0 Å². The van der Waals surface area contributed by atoms with Gasteiger partial charge in [0.2, 0.25) is 0 Å². The van der Waals surface area contributed by atoms with Crippen molar-refractivity contribution in [2.75, 3.05) is 31.2 Å². The molecule has 0 radical (unpaired) electrons. The number of fused-ring (bicyclic) bond motifs is 1. The molecule has 0 aromatic heterocycles. The Bertz CT molecular complexity index is 519. The van der Waals surface area contributed by atoms with Gasteiger partial charge in [0.05, 0.1) is 0 Å².